The third-order valence-corrected chi connectivity index (χ3v) is 2.57. The number of rotatable bonds is 2. The Bertz CT molecular complexity index is 597. The van der Waals surface area contributed by atoms with Crippen LogP contribution in [0.15, 0.2) is 42.5 Å². The zero-order valence-electron chi connectivity index (χ0n) is 9.41. The van der Waals surface area contributed by atoms with Crippen LogP contribution in [0.25, 0.3) is 11.1 Å². The van der Waals surface area contributed by atoms with E-state index in [4.69, 9.17) is 11.6 Å². The molecule has 2 nitrogen and oxygen atoms in total. The fourth-order valence-electron chi connectivity index (χ4n) is 1.61. The molecule has 0 saturated carbocycles. The van der Waals surface area contributed by atoms with E-state index in [2.05, 4.69) is 4.74 Å². The fraction of sp³-hybridized carbons (Fsp3) is 0.0769. The lowest BCUT2D eigenvalue weighted by molar-refractivity contribution is -0.274. The van der Waals surface area contributed by atoms with Gasteiger partial charge in [0.25, 0.3) is 0 Å². The van der Waals surface area contributed by atoms with E-state index >= 15 is 0 Å². The zero-order chi connectivity index (χ0) is 14.0. The highest BCUT2D eigenvalue weighted by atomic mass is 35.5. The predicted octanol–water partition coefficient (Wildman–Crippen LogP) is 4.61. The molecule has 0 spiro atoms. The number of benzene rings is 2. The standard InChI is InChI=1S/C13H8ClF3O2/c14-9-4-5-11(12(18)7-9)8-2-1-3-10(6-8)19-13(15,16)17/h1-7,18H. The molecule has 0 amide bonds. The summed E-state index contributed by atoms with van der Waals surface area (Å²) in [5.41, 5.74) is 0.771. The van der Waals surface area contributed by atoms with Gasteiger partial charge in [-0.05, 0) is 35.9 Å². The number of phenolic OH excluding ortho intramolecular Hbond substituents is 1. The highest BCUT2D eigenvalue weighted by Crippen LogP contribution is 2.34. The molecule has 0 aliphatic heterocycles. The minimum atomic E-state index is -4.75. The van der Waals surface area contributed by atoms with Gasteiger partial charge in [-0.15, -0.1) is 13.2 Å². The van der Waals surface area contributed by atoms with Crippen molar-refractivity contribution in [1.29, 1.82) is 0 Å². The Labute approximate surface area is 112 Å². The second-order valence-electron chi connectivity index (χ2n) is 3.74. The van der Waals surface area contributed by atoms with Crippen molar-refractivity contribution in [2.45, 2.75) is 6.36 Å². The number of hydrogen-bond acceptors (Lipinski definition) is 2. The lowest BCUT2D eigenvalue weighted by atomic mass is 10.0. The molecule has 1 N–H and O–H groups in total. The summed E-state index contributed by atoms with van der Waals surface area (Å²) in [6.45, 7) is 0. The lowest BCUT2D eigenvalue weighted by Gasteiger charge is -2.11. The molecule has 0 bridgehead atoms. The largest absolute Gasteiger partial charge is 0.573 e. The van der Waals surface area contributed by atoms with Crippen LogP contribution in [0.1, 0.15) is 0 Å². The average molecular weight is 289 g/mol. The highest BCUT2D eigenvalue weighted by molar-refractivity contribution is 6.30. The van der Waals surface area contributed by atoms with Crippen molar-refractivity contribution < 1.29 is 23.0 Å². The van der Waals surface area contributed by atoms with Crippen LogP contribution in [0.2, 0.25) is 5.02 Å². The Balaban J connectivity index is 2.38. The van der Waals surface area contributed by atoms with Crippen LogP contribution < -0.4 is 4.74 Å². The Morgan fingerprint density at radius 3 is 2.42 bits per heavy atom. The first-order chi connectivity index (χ1) is 8.85. The topological polar surface area (TPSA) is 29.5 Å². The summed E-state index contributed by atoms with van der Waals surface area (Å²) >= 11 is 5.69. The van der Waals surface area contributed by atoms with Crippen LogP contribution in [0.4, 0.5) is 13.2 Å². The summed E-state index contributed by atoms with van der Waals surface area (Å²) in [5, 5.41) is 10.1. The van der Waals surface area contributed by atoms with Gasteiger partial charge < -0.3 is 9.84 Å². The smallest absolute Gasteiger partial charge is 0.507 e. The van der Waals surface area contributed by atoms with Gasteiger partial charge in [-0.1, -0.05) is 23.7 Å². The fourth-order valence-corrected chi connectivity index (χ4v) is 1.78. The van der Waals surface area contributed by atoms with Crippen molar-refractivity contribution in [1.82, 2.24) is 0 Å². The van der Waals surface area contributed by atoms with Crippen molar-refractivity contribution in [2.24, 2.45) is 0 Å². The maximum Gasteiger partial charge on any atom is 0.573 e. The van der Waals surface area contributed by atoms with Gasteiger partial charge >= 0.3 is 6.36 Å². The lowest BCUT2D eigenvalue weighted by Crippen LogP contribution is -2.17. The van der Waals surface area contributed by atoms with Gasteiger partial charge in [-0.3, -0.25) is 0 Å². The SMILES string of the molecule is Oc1cc(Cl)ccc1-c1cccc(OC(F)(F)F)c1. The summed E-state index contributed by atoms with van der Waals surface area (Å²) in [5.74, 6) is -0.462. The van der Waals surface area contributed by atoms with Gasteiger partial charge in [0.05, 0.1) is 0 Å². The molecule has 100 valence electrons. The van der Waals surface area contributed by atoms with Gasteiger partial charge in [0, 0.05) is 10.6 Å². The van der Waals surface area contributed by atoms with Gasteiger partial charge in [0.1, 0.15) is 11.5 Å². The van der Waals surface area contributed by atoms with E-state index < -0.39 is 6.36 Å². The van der Waals surface area contributed by atoms with Gasteiger partial charge in [0.15, 0.2) is 0 Å². The third kappa shape index (κ3) is 3.54. The molecular weight excluding hydrogens is 281 g/mol. The van der Waals surface area contributed by atoms with E-state index in [0.29, 0.717) is 16.1 Å². The van der Waals surface area contributed by atoms with Gasteiger partial charge in [0.2, 0.25) is 0 Å². The van der Waals surface area contributed by atoms with Crippen LogP contribution in [-0.2, 0) is 0 Å². The molecule has 0 aliphatic rings. The summed E-state index contributed by atoms with van der Waals surface area (Å²) in [6, 6.07) is 9.71. The maximum atomic E-state index is 12.1. The zero-order valence-corrected chi connectivity index (χ0v) is 10.2. The molecular formula is C13H8ClF3O2. The molecule has 2 aromatic rings. The molecule has 2 aromatic carbocycles. The Morgan fingerprint density at radius 1 is 1.05 bits per heavy atom. The number of halogens is 4. The molecule has 0 unspecified atom stereocenters. The first kappa shape index (κ1) is 13.5. The van der Waals surface area contributed by atoms with Crippen molar-refractivity contribution in [3.8, 4) is 22.6 Å². The normalized spacial score (nSPS) is 11.4. The van der Waals surface area contributed by atoms with E-state index in [9.17, 15) is 18.3 Å². The third-order valence-electron chi connectivity index (χ3n) is 2.34. The first-order valence-corrected chi connectivity index (χ1v) is 5.58. The molecule has 0 saturated heterocycles. The highest BCUT2D eigenvalue weighted by Gasteiger charge is 2.31. The van der Waals surface area contributed by atoms with Crippen molar-refractivity contribution in [3.63, 3.8) is 0 Å². The Kier molecular flexibility index (Phi) is 3.57. The minimum absolute atomic E-state index is 0.114. The van der Waals surface area contributed by atoms with Gasteiger partial charge in [-0.25, -0.2) is 0 Å². The predicted molar refractivity (Wildman–Crippen MR) is 65.2 cm³/mol. The monoisotopic (exact) mass is 288 g/mol. The van der Waals surface area contributed by atoms with Crippen molar-refractivity contribution in [2.75, 3.05) is 0 Å². The number of hydrogen-bond donors (Lipinski definition) is 1. The van der Waals surface area contributed by atoms with Crippen LogP contribution in [-0.4, -0.2) is 11.5 Å². The maximum absolute atomic E-state index is 12.1. The second-order valence-corrected chi connectivity index (χ2v) is 4.17. The number of aromatic hydroxyl groups is 1. The van der Waals surface area contributed by atoms with Crippen molar-refractivity contribution in [3.05, 3.63) is 47.5 Å². The van der Waals surface area contributed by atoms with Crippen molar-refractivity contribution >= 4 is 11.6 Å². The number of ether oxygens (including phenoxy) is 1. The molecule has 19 heavy (non-hydrogen) atoms. The molecule has 0 heterocycles. The van der Waals surface area contributed by atoms with E-state index in [1.165, 1.54) is 36.4 Å². The van der Waals surface area contributed by atoms with E-state index in [1.807, 2.05) is 0 Å². The van der Waals surface area contributed by atoms with Crippen LogP contribution in [0.5, 0.6) is 11.5 Å². The molecule has 0 fully saturated rings. The number of phenols is 1. The second kappa shape index (κ2) is 5.01. The summed E-state index contributed by atoms with van der Waals surface area (Å²) in [4.78, 5) is 0. The van der Waals surface area contributed by atoms with E-state index in [1.54, 1.807) is 6.07 Å². The molecule has 0 atom stereocenters. The molecule has 0 radical (unpaired) electrons. The molecule has 2 rings (SSSR count). The van der Waals surface area contributed by atoms with Gasteiger partial charge in [-0.2, -0.15) is 0 Å². The first-order valence-electron chi connectivity index (χ1n) is 5.20. The van der Waals surface area contributed by atoms with Crippen LogP contribution in [0, 0.1) is 0 Å². The minimum Gasteiger partial charge on any atom is -0.507 e. The molecule has 6 heteroatoms. The Hall–Kier alpha value is -1.88. The van der Waals surface area contributed by atoms with E-state index in [0.717, 1.165) is 0 Å². The number of alkyl halides is 3. The summed E-state index contributed by atoms with van der Waals surface area (Å²) in [6.07, 6.45) is -4.75. The van der Waals surface area contributed by atoms with E-state index in [-0.39, 0.29) is 11.5 Å². The van der Waals surface area contributed by atoms with Crippen LogP contribution in [0.3, 0.4) is 0 Å². The summed E-state index contributed by atoms with van der Waals surface area (Å²) < 4.78 is 40.2. The average Bonchev–Trinajstić information content (AvgIpc) is 2.26. The summed E-state index contributed by atoms with van der Waals surface area (Å²) in [7, 11) is 0. The quantitative estimate of drug-likeness (QED) is 0.874. The molecule has 0 aromatic heterocycles. The van der Waals surface area contributed by atoms with Crippen LogP contribution >= 0.6 is 11.6 Å². The Morgan fingerprint density at radius 2 is 1.79 bits per heavy atom. The molecule has 0 aliphatic carbocycles.